The number of halogens is 1. The number of benzene rings is 1. The average Bonchev–Trinajstić information content (AvgIpc) is 2.28. The molecule has 1 aromatic carbocycles. The lowest BCUT2D eigenvalue weighted by Crippen LogP contribution is -2.39. The zero-order valence-electron chi connectivity index (χ0n) is 11.0. The van der Waals surface area contributed by atoms with Gasteiger partial charge in [-0.1, -0.05) is 26.0 Å². The molecule has 0 spiro atoms. The van der Waals surface area contributed by atoms with E-state index in [1.165, 1.54) is 6.07 Å². The van der Waals surface area contributed by atoms with E-state index in [9.17, 15) is 4.39 Å². The van der Waals surface area contributed by atoms with Crippen LogP contribution < -0.4 is 5.32 Å². The van der Waals surface area contributed by atoms with Crippen molar-refractivity contribution in [3.05, 3.63) is 35.6 Å². The van der Waals surface area contributed by atoms with Crippen molar-refractivity contribution in [1.82, 2.24) is 5.32 Å². The Morgan fingerprint density at radius 2 is 2.00 bits per heavy atom. The van der Waals surface area contributed by atoms with Gasteiger partial charge in [-0.2, -0.15) is 0 Å². The van der Waals surface area contributed by atoms with Crippen molar-refractivity contribution < 1.29 is 9.13 Å². The molecule has 3 heteroatoms. The zero-order valence-corrected chi connectivity index (χ0v) is 11.0. The number of ether oxygens (including phenoxy) is 1. The molecule has 2 nitrogen and oxygen atoms in total. The molecule has 0 saturated carbocycles. The lowest BCUT2D eigenvalue weighted by molar-refractivity contribution is 0.141. The SMILES string of the molecule is COCC(N[C@H](C)c1cccc(F)c1)C(C)C. The summed E-state index contributed by atoms with van der Waals surface area (Å²) < 4.78 is 18.3. The summed E-state index contributed by atoms with van der Waals surface area (Å²) in [6.45, 7) is 7.00. The van der Waals surface area contributed by atoms with E-state index < -0.39 is 0 Å². The van der Waals surface area contributed by atoms with Crippen LogP contribution in [0, 0.1) is 11.7 Å². The van der Waals surface area contributed by atoms with E-state index in [0.717, 1.165) is 5.56 Å². The summed E-state index contributed by atoms with van der Waals surface area (Å²) in [6.07, 6.45) is 0. The first-order valence-corrected chi connectivity index (χ1v) is 6.05. The first kappa shape index (κ1) is 14.1. The maximum Gasteiger partial charge on any atom is 0.123 e. The average molecular weight is 239 g/mol. The molecule has 0 heterocycles. The first-order valence-electron chi connectivity index (χ1n) is 6.05. The van der Waals surface area contributed by atoms with E-state index in [1.807, 2.05) is 13.0 Å². The van der Waals surface area contributed by atoms with Gasteiger partial charge in [0.05, 0.1) is 6.61 Å². The van der Waals surface area contributed by atoms with E-state index >= 15 is 0 Å². The Morgan fingerprint density at radius 3 is 2.53 bits per heavy atom. The van der Waals surface area contributed by atoms with E-state index in [4.69, 9.17) is 4.74 Å². The van der Waals surface area contributed by atoms with Crippen molar-refractivity contribution >= 4 is 0 Å². The van der Waals surface area contributed by atoms with Gasteiger partial charge >= 0.3 is 0 Å². The Bertz CT molecular complexity index is 341. The van der Waals surface area contributed by atoms with Crippen molar-refractivity contribution in [2.24, 2.45) is 5.92 Å². The third kappa shape index (κ3) is 4.44. The third-order valence-corrected chi connectivity index (χ3v) is 2.96. The highest BCUT2D eigenvalue weighted by Crippen LogP contribution is 2.16. The number of hydrogen-bond acceptors (Lipinski definition) is 2. The van der Waals surface area contributed by atoms with Gasteiger partial charge in [0.2, 0.25) is 0 Å². The van der Waals surface area contributed by atoms with Crippen LogP contribution in [0.15, 0.2) is 24.3 Å². The fourth-order valence-corrected chi connectivity index (χ4v) is 1.81. The molecule has 0 saturated heterocycles. The molecule has 2 atom stereocenters. The molecule has 1 N–H and O–H groups in total. The predicted molar refractivity (Wildman–Crippen MR) is 68.5 cm³/mol. The first-order chi connectivity index (χ1) is 8.04. The minimum absolute atomic E-state index is 0.119. The van der Waals surface area contributed by atoms with Gasteiger partial charge in [0.15, 0.2) is 0 Å². The molecule has 0 aliphatic rings. The monoisotopic (exact) mass is 239 g/mol. The molecular formula is C14H22FNO. The summed E-state index contributed by atoms with van der Waals surface area (Å²) in [5, 5.41) is 3.47. The smallest absolute Gasteiger partial charge is 0.123 e. The topological polar surface area (TPSA) is 21.3 Å². The molecule has 17 heavy (non-hydrogen) atoms. The maximum atomic E-state index is 13.1. The second-order valence-electron chi connectivity index (χ2n) is 4.75. The van der Waals surface area contributed by atoms with Crippen molar-refractivity contribution in [1.29, 1.82) is 0 Å². The quantitative estimate of drug-likeness (QED) is 0.823. The van der Waals surface area contributed by atoms with Crippen LogP contribution in [0.1, 0.15) is 32.4 Å². The van der Waals surface area contributed by atoms with Crippen LogP contribution in [0.4, 0.5) is 4.39 Å². The fraction of sp³-hybridized carbons (Fsp3) is 0.571. The minimum Gasteiger partial charge on any atom is -0.383 e. The fourth-order valence-electron chi connectivity index (χ4n) is 1.81. The number of hydrogen-bond donors (Lipinski definition) is 1. The van der Waals surface area contributed by atoms with Crippen LogP contribution in [-0.2, 0) is 4.74 Å². The summed E-state index contributed by atoms with van der Waals surface area (Å²) in [5.74, 6) is 0.287. The molecule has 96 valence electrons. The highest BCUT2D eigenvalue weighted by atomic mass is 19.1. The van der Waals surface area contributed by atoms with Gasteiger partial charge < -0.3 is 10.1 Å². The number of rotatable bonds is 6. The Hall–Kier alpha value is -0.930. The van der Waals surface area contributed by atoms with Gasteiger partial charge in [0.25, 0.3) is 0 Å². The Kier molecular flexibility index (Phi) is 5.59. The summed E-state index contributed by atoms with van der Waals surface area (Å²) in [5.41, 5.74) is 0.965. The molecule has 1 aromatic rings. The molecule has 0 aliphatic carbocycles. The largest absolute Gasteiger partial charge is 0.383 e. The Labute approximate surface area is 103 Å². The molecular weight excluding hydrogens is 217 g/mol. The normalized spacial score (nSPS) is 14.9. The van der Waals surface area contributed by atoms with Crippen molar-refractivity contribution in [3.63, 3.8) is 0 Å². The molecule has 1 unspecified atom stereocenters. The molecule has 0 aromatic heterocycles. The maximum absolute atomic E-state index is 13.1. The summed E-state index contributed by atoms with van der Waals surface area (Å²) in [7, 11) is 1.70. The third-order valence-electron chi connectivity index (χ3n) is 2.96. The second kappa shape index (κ2) is 6.72. The van der Waals surface area contributed by atoms with Gasteiger partial charge in [-0.25, -0.2) is 4.39 Å². The van der Waals surface area contributed by atoms with Crippen LogP contribution >= 0.6 is 0 Å². The number of methoxy groups -OCH3 is 1. The minimum atomic E-state index is -0.191. The van der Waals surface area contributed by atoms with Gasteiger partial charge in [-0.3, -0.25) is 0 Å². The van der Waals surface area contributed by atoms with Crippen LogP contribution in [0.2, 0.25) is 0 Å². The molecule has 1 rings (SSSR count). The summed E-state index contributed by atoms with van der Waals surface area (Å²) in [4.78, 5) is 0. The van der Waals surface area contributed by atoms with Crippen molar-refractivity contribution in [3.8, 4) is 0 Å². The van der Waals surface area contributed by atoms with Gasteiger partial charge in [0.1, 0.15) is 5.82 Å². The summed E-state index contributed by atoms with van der Waals surface area (Å²) >= 11 is 0. The van der Waals surface area contributed by atoms with E-state index in [0.29, 0.717) is 12.5 Å². The molecule has 0 aliphatic heterocycles. The lowest BCUT2D eigenvalue weighted by Gasteiger charge is -2.26. The molecule has 0 fully saturated rings. The van der Waals surface area contributed by atoms with Crippen molar-refractivity contribution in [2.45, 2.75) is 32.9 Å². The van der Waals surface area contributed by atoms with Crippen LogP contribution in [0.3, 0.4) is 0 Å². The van der Waals surface area contributed by atoms with E-state index in [-0.39, 0.29) is 17.9 Å². The van der Waals surface area contributed by atoms with Gasteiger partial charge in [-0.15, -0.1) is 0 Å². The zero-order chi connectivity index (χ0) is 12.8. The van der Waals surface area contributed by atoms with Crippen LogP contribution in [0.5, 0.6) is 0 Å². The molecule has 0 bridgehead atoms. The Balaban J connectivity index is 2.66. The standard InChI is InChI=1S/C14H22FNO/c1-10(2)14(9-17-4)16-11(3)12-6-5-7-13(15)8-12/h5-8,10-11,14,16H,9H2,1-4H3/t11-,14?/m1/s1. The van der Waals surface area contributed by atoms with Crippen LogP contribution in [-0.4, -0.2) is 19.8 Å². The highest BCUT2D eigenvalue weighted by molar-refractivity contribution is 5.19. The van der Waals surface area contributed by atoms with Gasteiger partial charge in [-0.05, 0) is 30.5 Å². The number of nitrogens with one attached hydrogen (secondary N) is 1. The second-order valence-corrected chi connectivity index (χ2v) is 4.75. The van der Waals surface area contributed by atoms with Crippen molar-refractivity contribution in [2.75, 3.05) is 13.7 Å². The lowest BCUT2D eigenvalue weighted by atomic mass is 10.0. The predicted octanol–water partition coefficient (Wildman–Crippen LogP) is 3.15. The van der Waals surface area contributed by atoms with Gasteiger partial charge in [0, 0.05) is 19.2 Å². The summed E-state index contributed by atoms with van der Waals surface area (Å²) in [6, 6.07) is 7.10. The molecule has 0 amide bonds. The Morgan fingerprint density at radius 1 is 1.29 bits per heavy atom. The van der Waals surface area contributed by atoms with Crippen LogP contribution in [0.25, 0.3) is 0 Å². The van der Waals surface area contributed by atoms with E-state index in [1.54, 1.807) is 19.2 Å². The highest BCUT2D eigenvalue weighted by Gasteiger charge is 2.16. The van der Waals surface area contributed by atoms with E-state index in [2.05, 4.69) is 19.2 Å². The molecule has 0 radical (unpaired) electrons.